The van der Waals surface area contributed by atoms with Crippen LogP contribution in [0.25, 0.3) is 0 Å². The topological polar surface area (TPSA) is 174 Å². The second kappa shape index (κ2) is 10.5. The van der Waals surface area contributed by atoms with Gasteiger partial charge >= 0.3 is 17.9 Å². The van der Waals surface area contributed by atoms with Gasteiger partial charge in [-0.1, -0.05) is 0 Å². The van der Waals surface area contributed by atoms with Gasteiger partial charge in [0.15, 0.2) is 0 Å². The van der Waals surface area contributed by atoms with Crippen molar-refractivity contribution in [3.8, 4) is 0 Å². The van der Waals surface area contributed by atoms with Gasteiger partial charge in [0.2, 0.25) is 6.29 Å². The number of non-ortho nitro benzene ring substituents is 2. The van der Waals surface area contributed by atoms with Crippen LogP contribution in [0.3, 0.4) is 0 Å². The van der Waals surface area contributed by atoms with Crippen molar-refractivity contribution in [2.75, 3.05) is 6.61 Å². The Balaban J connectivity index is 1.65. The summed E-state index contributed by atoms with van der Waals surface area (Å²) in [7, 11) is 0. The molecule has 1 heterocycles. The average molecular weight is 474 g/mol. The Labute approximate surface area is 191 Å². The van der Waals surface area contributed by atoms with Crippen molar-refractivity contribution < 1.29 is 43.2 Å². The van der Waals surface area contributed by atoms with E-state index in [-0.39, 0.29) is 35.5 Å². The largest absolute Gasteiger partial charge is 0.459 e. The fourth-order valence-corrected chi connectivity index (χ4v) is 3.10. The van der Waals surface area contributed by atoms with Crippen LogP contribution in [0.15, 0.2) is 48.5 Å². The molecule has 0 aliphatic carbocycles. The van der Waals surface area contributed by atoms with E-state index in [4.69, 9.17) is 18.9 Å². The molecule has 0 N–H and O–H groups in total. The number of ether oxygens (including phenoxy) is 4. The molecule has 0 aromatic heterocycles. The molecule has 0 radical (unpaired) electrons. The van der Waals surface area contributed by atoms with Gasteiger partial charge in [-0.05, 0) is 24.3 Å². The number of nitro groups is 2. The minimum absolute atomic E-state index is 0.0297. The Morgan fingerprint density at radius 1 is 0.882 bits per heavy atom. The Hall–Kier alpha value is -4.39. The van der Waals surface area contributed by atoms with E-state index in [0.717, 1.165) is 24.3 Å². The van der Waals surface area contributed by atoms with Crippen molar-refractivity contribution in [2.24, 2.45) is 0 Å². The molecule has 178 valence electrons. The lowest BCUT2D eigenvalue weighted by Crippen LogP contribution is -2.32. The molecular formula is C21H18N2O11. The number of rotatable bonds is 8. The Morgan fingerprint density at radius 2 is 1.38 bits per heavy atom. The smallest absolute Gasteiger partial charge is 0.338 e. The fourth-order valence-electron chi connectivity index (χ4n) is 3.10. The summed E-state index contributed by atoms with van der Waals surface area (Å²) in [5.74, 6) is -2.23. The molecule has 0 bridgehead atoms. The number of carbonyl (C=O) groups is 3. The summed E-state index contributed by atoms with van der Waals surface area (Å²) in [6.07, 6.45) is -3.02. The number of nitro benzene ring substituents is 2. The van der Waals surface area contributed by atoms with E-state index in [9.17, 15) is 34.6 Å². The standard InChI is InChI=1S/C21H18N2O11/c1-12(24)32-19-10-17(34-21(26)14-4-8-16(9-5-14)23(29)30)18(33-19)11-31-20(25)13-2-6-15(7-3-13)22(27)28/h2-9,17-19H,10-11H2,1H3/t17-,18-,19-/m0/s1. The number of nitrogens with zero attached hydrogens (tertiary/aromatic N) is 2. The maximum atomic E-state index is 12.5. The number of benzene rings is 2. The summed E-state index contributed by atoms with van der Waals surface area (Å²) in [6.45, 7) is 0.801. The Kier molecular flexibility index (Phi) is 7.48. The molecule has 3 rings (SSSR count). The zero-order chi connectivity index (χ0) is 24.8. The van der Waals surface area contributed by atoms with E-state index in [0.29, 0.717) is 0 Å². The van der Waals surface area contributed by atoms with Crippen LogP contribution in [0.2, 0.25) is 0 Å². The molecule has 0 spiro atoms. The average Bonchev–Trinajstić information content (AvgIpc) is 3.17. The highest BCUT2D eigenvalue weighted by atomic mass is 16.7. The SMILES string of the molecule is CC(=O)O[C@@H]1C[C@H](OC(=O)c2ccc([N+](=O)[O-])cc2)[C@H](COC(=O)c2ccc([N+](=O)[O-])cc2)O1. The quantitative estimate of drug-likeness (QED) is 0.238. The van der Waals surface area contributed by atoms with E-state index < -0.39 is 46.3 Å². The molecule has 2 aromatic carbocycles. The van der Waals surface area contributed by atoms with Gasteiger partial charge in [0.25, 0.3) is 11.4 Å². The van der Waals surface area contributed by atoms with Crippen LogP contribution in [0.1, 0.15) is 34.1 Å². The van der Waals surface area contributed by atoms with Gasteiger partial charge in [0.1, 0.15) is 18.8 Å². The molecule has 13 heteroatoms. The Bertz CT molecular complexity index is 1100. The third kappa shape index (κ3) is 6.10. The Morgan fingerprint density at radius 3 is 1.85 bits per heavy atom. The molecule has 1 fully saturated rings. The first-order valence-electron chi connectivity index (χ1n) is 9.83. The van der Waals surface area contributed by atoms with Crippen LogP contribution in [-0.2, 0) is 23.7 Å². The summed E-state index contributed by atoms with van der Waals surface area (Å²) in [6, 6.07) is 9.49. The van der Waals surface area contributed by atoms with Crippen LogP contribution in [0.4, 0.5) is 11.4 Å². The van der Waals surface area contributed by atoms with Gasteiger partial charge in [-0.2, -0.15) is 0 Å². The summed E-state index contributed by atoms with van der Waals surface area (Å²) in [5, 5.41) is 21.5. The molecule has 1 aliphatic heterocycles. The maximum Gasteiger partial charge on any atom is 0.338 e. The van der Waals surface area contributed by atoms with E-state index >= 15 is 0 Å². The molecule has 0 unspecified atom stereocenters. The van der Waals surface area contributed by atoms with Gasteiger partial charge in [0.05, 0.1) is 27.4 Å². The second-order valence-electron chi connectivity index (χ2n) is 7.10. The predicted octanol–water partition coefficient (Wildman–Crippen LogP) is 2.56. The molecule has 1 saturated heterocycles. The normalized spacial score (nSPS) is 19.1. The van der Waals surface area contributed by atoms with Crippen molar-refractivity contribution in [1.82, 2.24) is 0 Å². The minimum atomic E-state index is -1.05. The van der Waals surface area contributed by atoms with E-state index in [1.54, 1.807) is 0 Å². The zero-order valence-electron chi connectivity index (χ0n) is 17.7. The van der Waals surface area contributed by atoms with Gasteiger partial charge in [-0.15, -0.1) is 0 Å². The summed E-state index contributed by atoms with van der Waals surface area (Å²) in [5.41, 5.74) is -0.299. The lowest BCUT2D eigenvalue weighted by atomic mass is 10.1. The van der Waals surface area contributed by atoms with Crippen molar-refractivity contribution >= 4 is 29.3 Å². The lowest BCUT2D eigenvalue weighted by molar-refractivity contribution is -0.385. The van der Waals surface area contributed by atoms with Crippen molar-refractivity contribution in [3.05, 3.63) is 79.9 Å². The summed E-state index contributed by atoms with van der Waals surface area (Å²) >= 11 is 0. The molecule has 0 saturated carbocycles. The molecule has 0 amide bonds. The van der Waals surface area contributed by atoms with Crippen molar-refractivity contribution in [1.29, 1.82) is 0 Å². The highest BCUT2D eigenvalue weighted by Crippen LogP contribution is 2.26. The number of hydrogen-bond acceptors (Lipinski definition) is 11. The van der Waals surface area contributed by atoms with Gasteiger partial charge in [0, 0.05) is 31.2 Å². The van der Waals surface area contributed by atoms with Crippen LogP contribution in [-0.4, -0.2) is 52.9 Å². The van der Waals surface area contributed by atoms with E-state index in [1.165, 1.54) is 31.2 Å². The molecular weight excluding hydrogens is 456 g/mol. The van der Waals surface area contributed by atoms with E-state index in [2.05, 4.69) is 0 Å². The molecule has 2 aromatic rings. The monoisotopic (exact) mass is 474 g/mol. The van der Waals surface area contributed by atoms with Gasteiger partial charge in [-0.25, -0.2) is 9.59 Å². The van der Waals surface area contributed by atoms with Gasteiger partial charge < -0.3 is 18.9 Å². The van der Waals surface area contributed by atoms with Crippen LogP contribution < -0.4 is 0 Å². The lowest BCUT2D eigenvalue weighted by Gasteiger charge is -2.18. The molecule has 1 aliphatic rings. The van der Waals surface area contributed by atoms with Crippen molar-refractivity contribution in [2.45, 2.75) is 31.8 Å². The highest BCUT2D eigenvalue weighted by Gasteiger charge is 2.40. The second-order valence-corrected chi connectivity index (χ2v) is 7.10. The van der Waals surface area contributed by atoms with E-state index in [1.807, 2.05) is 0 Å². The number of esters is 3. The highest BCUT2D eigenvalue weighted by molar-refractivity contribution is 5.90. The third-order valence-corrected chi connectivity index (χ3v) is 4.73. The molecule has 3 atom stereocenters. The van der Waals surface area contributed by atoms with Crippen LogP contribution in [0, 0.1) is 20.2 Å². The first-order valence-corrected chi connectivity index (χ1v) is 9.83. The number of carbonyl (C=O) groups excluding carboxylic acids is 3. The number of hydrogen-bond donors (Lipinski definition) is 0. The molecule has 13 nitrogen and oxygen atoms in total. The third-order valence-electron chi connectivity index (χ3n) is 4.73. The van der Waals surface area contributed by atoms with Gasteiger partial charge in [-0.3, -0.25) is 25.0 Å². The van der Waals surface area contributed by atoms with Crippen molar-refractivity contribution in [3.63, 3.8) is 0 Å². The fraction of sp³-hybridized carbons (Fsp3) is 0.286. The predicted molar refractivity (Wildman–Crippen MR) is 111 cm³/mol. The first kappa shape index (κ1) is 24.3. The van der Waals surface area contributed by atoms with Crippen LogP contribution >= 0.6 is 0 Å². The summed E-state index contributed by atoms with van der Waals surface area (Å²) in [4.78, 5) is 56.3. The van der Waals surface area contributed by atoms with Crippen LogP contribution in [0.5, 0.6) is 0 Å². The molecule has 34 heavy (non-hydrogen) atoms. The maximum absolute atomic E-state index is 12.5. The first-order chi connectivity index (χ1) is 16.1. The summed E-state index contributed by atoms with van der Waals surface area (Å²) < 4.78 is 21.1. The minimum Gasteiger partial charge on any atom is -0.459 e. The zero-order valence-corrected chi connectivity index (χ0v) is 17.7.